The maximum atomic E-state index is 13.4. The third kappa shape index (κ3) is 5.15. The molecule has 0 amide bonds. The van der Waals surface area contributed by atoms with Crippen LogP contribution in [0.5, 0.6) is 0 Å². The quantitative estimate of drug-likeness (QED) is 0.395. The zero-order valence-corrected chi connectivity index (χ0v) is 23.7. The summed E-state index contributed by atoms with van der Waals surface area (Å²) in [5, 5.41) is 3.81. The van der Waals surface area contributed by atoms with E-state index in [0.717, 1.165) is 36.6 Å². The van der Waals surface area contributed by atoms with E-state index in [1.165, 1.54) is 11.1 Å². The molecule has 200 valence electrons. The number of aromatic nitrogens is 5. The maximum absolute atomic E-state index is 13.4. The number of hydrogen-bond donors (Lipinski definition) is 1. The van der Waals surface area contributed by atoms with Gasteiger partial charge < -0.3 is 5.32 Å². The summed E-state index contributed by atoms with van der Waals surface area (Å²) in [6, 6.07) is 10.1. The van der Waals surface area contributed by atoms with E-state index in [9.17, 15) is 9.00 Å². The molecule has 0 fully saturated rings. The fourth-order valence-electron chi connectivity index (χ4n) is 4.92. The normalized spacial score (nSPS) is 15.1. The van der Waals surface area contributed by atoms with Crippen LogP contribution in [0.15, 0.2) is 47.5 Å². The molecular weight excluding hydrogens is 498 g/mol. The average molecular weight is 534 g/mol. The predicted molar refractivity (Wildman–Crippen MR) is 153 cm³/mol. The van der Waals surface area contributed by atoms with Gasteiger partial charge in [-0.1, -0.05) is 26.8 Å². The second-order valence-corrected chi connectivity index (χ2v) is 12.7. The van der Waals surface area contributed by atoms with Crippen molar-refractivity contribution >= 4 is 33.5 Å². The van der Waals surface area contributed by atoms with Crippen LogP contribution in [-0.4, -0.2) is 52.1 Å². The van der Waals surface area contributed by atoms with Gasteiger partial charge in [-0.25, -0.2) is 14.3 Å². The summed E-state index contributed by atoms with van der Waals surface area (Å²) in [7, 11) is -0.840. The molecule has 0 spiro atoms. The van der Waals surface area contributed by atoms with Crippen molar-refractivity contribution in [1.82, 2.24) is 29.2 Å². The van der Waals surface area contributed by atoms with Crippen molar-refractivity contribution in [3.63, 3.8) is 0 Å². The van der Waals surface area contributed by atoms with Crippen molar-refractivity contribution in [2.24, 2.45) is 0 Å². The third-order valence-electron chi connectivity index (χ3n) is 6.79. The monoisotopic (exact) mass is 533 g/mol. The van der Waals surface area contributed by atoms with Crippen LogP contribution in [0.3, 0.4) is 0 Å². The summed E-state index contributed by atoms with van der Waals surface area (Å²) in [4.78, 5) is 29.5. The van der Waals surface area contributed by atoms with Crippen LogP contribution in [0.2, 0.25) is 0 Å². The van der Waals surface area contributed by atoms with Gasteiger partial charge in [-0.15, -0.1) is 0 Å². The van der Waals surface area contributed by atoms with Crippen LogP contribution in [0, 0.1) is 0 Å². The van der Waals surface area contributed by atoms with Gasteiger partial charge in [-0.3, -0.25) is 18.9 Å². The minimum absolute atomic E-state index is 0.0790. The van der Waals surface area contributed by atoms with Crippen LogP contribution >= 0.6 is 0 Å². The molecule has 5 rings (SSSR count). The number of nitrogens with zero attached hydrogens (tertiary/aromatic N) is 6. The van der Waals surface area contributed by atoms with Gasteiger partial charge in [-0.05, 0) is 55.7 Å². The third-order valence-corrected chi connectivity index (χ3v) is 7.52. The maximum Gasteiger partial charge on any atom is 0.278 e. The van der Waals surface area contributed by atoms with E-state index in [1.54, 1.807) is 23.3 Å². The van der Waals surface area contributed by atoms with Crippen molar-refractivity contribution in [1.29, 1.82) is 0 Å². The first-order chi connectivity index (χ1) is 18.0. The molecule has 1 aliphatic rings. The Bertz CT molecular complexity index is 1580. The molecule has 1 aliphatic heterocycles. The second-order valence-electron chi connectivity index (χ2n) is 11.2. The summed E-state index contributed by atoms with van der Waals surface area (Å²) >= 11 is 0. The van der Waals surface area contributed by atoms with Gasteiger partial charge in [0.2, 0.25) is 5.95 Å². The lowest BCUT2D eigenvalue weighted by atomic mass is 9.91. The molecular formula is C28H35N7O2S. The minimum Gasteiger partial charge on any atom is -0.324 e. The van der Waals surface area contributed by atoms with Crippen molar-refractivity contribution in [2.45, 2.75) is 59.0 Å². The van der Waals surface area contributed by atoms with Crippen LogP contribution in [-0.2, 0) is 29.2 Å². The molecule has 1 unspecified atom stereocenters. The molecule has 1 aromatic carbocycles. The highest BCUT2D eigenvalue weighted by Crippen LogP contribution is 2.27. The van der Waals surface area contributed by atoms with Gasteiger partial charge in [0, 0.05) is 65.4 Å². The molecule has 1 N–H and O–H groups in total. The number of benzene rings is 1. The van der Waals surface area contributed by atoms with E-state index < -0.39 is 10.8 Å². The molecule has 0 radical (unpaired) electrons. The lowest BCUT2D eigenvalue weighted by Gasteiger charge is -2.28. The van der Waals surface area contributed by atoms with E-state index in [1.807, 2.05) is 36.7 Å². The Morgan fingerprint density at radius 1 is 1.11 bits per heavy atom. The lowest BCUT2D eigenvalue weighted by Crippen LogP contribution is -2.32. The van der Waals surface area contributed by atoms with Crippen LogP contribution in [0.25, 0.3) is 16.7 Å². The Morgan fingerprint density at radius 2 is 1.89 bits per heavy atom. The fourth-order valence-corrected chi connectivity index (χ4v) is 5.66. The summed E-state index contributed by atoms with van der Waals surface area (Å²) in [6.45, 7) is 12.0. The summed E-state index contributed by atoms with van der Waals surface area (Å²) in [5.74, 6) is 1.02. The first-order valence-corrected chi connectivity index (χ1v) is 14.6. The highest BCUT2D eigenvalue weighted by molar-refractivity contribution is 7.84. The van der Waals surface area contributed by atoms with Gasteiger partial charge in [0.1, 0.15) is 5.39 Å². The summed E-state index contributed by atoms with van der Waals surface area (Å²) < 4.78 is 15.2. The van der Waals surface area contributed by atoms with Crippen molar-refractivity contribution in [3.05, 3.63) is 69.9 Å². The molecule has 4 aromatic rings. The molecule has 0 saturated carbocycles. The smallest absolute Gasteiger partial charge is 0.278 e. The van der Waals surface area contributed by atoms with Crippen molar-refractivity contribution in [2.75, 3.05) is 24.0 Å². The summed E-state index contributed by atoms with van der Waals surface area (Å²) in [5.41, 5.74) is 5.47. The average Bonchev–Trinajstić information content (AvgIpc) is 3.15. The van der Waals surface area contributed by atoms with E-state index in [0.29, 0.717) is 22.9 Å². The molecule has 4 heterocycles. The highest BCUT2D eigenvalue weighted by atomic mass is 32.2. The molecule has 0 aliphatic carbocycles. The van der Waals surface area contributed by atoms with Gasteiger partial charge in [-0.2, -0.15) is 4.98 Å². The number of nitrogens with one attached hydrogen (secondary N) is 1. The van der Waals surface area contributed by atoms with Crippen LogP contribution in [0.4, 0.5) is 11.6 Å². The van der Waals surface area contributed by atoms with Gasteiger partial charge in [0.15, 0.2) is 5.65 Å². The number of rotatable bonds is 6. The fraction of sp³-hybridized carbons (Fsp3) is 0.429. The van der Waals surface area contributed by atoms with Crippen molar-refractivity contribution in [3.8, 4) is 5.69 Å². The summed E-state index contributed by atoms with van der Waals surface area (Å²) in [6.07, 6.45) is 6.03. The van der Waals surface area contributed by atoms with E-state index in [-0.39, 0.29) is 17.0 Å². The Labute approximate surface area is 225 Å². The van der Waals surface area contributed by atoms with E-state index >= 15 is 0 Å². The van der Waals surface area contributed by atoms with Crippen LogP contribution in [0.1, 0.15) is 57.5 Å². The zero-order chi connectivity index (χ0) is 27.2. The topological polar surface area (TPSA) is 97.9 Å². The first-order valence-electron chi connectivity index (χ1n) is 12.9. The predicted octanol–water partition coefficient (Wildman–Crippen LogP) is 4.29. The molecule has 9 nitrogen and oxygen atoms in total. The lowest BCUT2D eigenvalue weighted by molar-refractivity contribution is 0.297. The van der Waals surface area contributed by atoms with E-state index in [2.05, 4.69) is 53.1 Å². The molecule has 38 heavy (non-hydrogen) atoms. The Morgan fingerprint density at radius 3 is 2.61 bits per heavy atom. The van der Waals surface area contributed by atoms with E-state index in [4.69, 9.17) is 4.98 Å². The molecule has 1 atom stereocenters. The number of fused-ring (bicyclic) bond motifs is 2. The first kappa shape index (κ1) is 26.2. The van der Waals surface area contributed by atoms with Gasteiger partial charge >= 0.3 is 0 Å². The second kappa shape index (κ2) is 10.1. The zero-order valence-electron chi connectivity index (χ0n) is 22.9. The Balaban J connectivity index is 1.53. The highest BCUT2D eigenvalue weighted by Gasteiger charge is 2.22. The number of pyridine rings is 1. The minimum atomic E-state index is -0.840. The molecule has 0 bridgehead atoms. The molecule has 0 saturated heterocycles. The molecule has 3 aromatic heterocycles. The van der Waals surface area contributed by atoms with Gasteiger partial charge in [0.05, 0.1) is 11.6 Å². The Hall–Kier alpha value is -3.37. The molecule has 10 heteroatoms. The SMILES string of the molecule is CC(C)n1c(=O)c2cnc(Nc3ccc4c(c3)CCN(CS(C)=O)C4)nc2n1-c1ccnc(C(C)(C)C)c1. The Kier molecular flexibility index (Phi) is 6.96. The standard InChI is InChI=1S/C28H35N7O2S/c1-18(2)34-26(36)23-15-30-27(32-25(23)35(34)22-9-11-29-24(14-22)28(3,4)5)31-21-8-7-20-16-33(17-38(6)37)12-10-19(20)13-21/h7-9,11,13-15,18H,10,12,16-17H2,1-6H3,(H,30,31,32). The van der Waals surface area contributed by atoms with Gasteiger partial charge in [0.25, 0.3) is 5.56 Å². The van der Waals surface area contributed by atoms with Crippen molar-refractivity contribution < 1.29 is 4.21 Å². The largest absolute Gasteiger partial charge is 0.324 e. The number of hydrogen-bond acceptors (Lipinski definition) is 7. The number of anilines is 2. The van der Waals surface area contributed by atoms with Crippen LogP contribution < -0.4 is 10.9 Å².